The Labute approximate surface area is 123 Å². The van der Waals surface area contributed by atoms with Gasteiger partial charge in [0.1, 0.15) is 11.6 Å². The first-order valence-electron chi connectivity index (χ1n) is 7.19. The molecule has 1 aromatic rings. The molecule has 2 aliphatic rings. The van der Waals surface area contributed by atoms with Crippen molar-refractivity contribution in [3.8, 4) is 0 Å². The number of hydrogen-bond donors (Lipinski definition) is 0. The highest BCUT2D eigenvalue weighted by molar-refractivity contribution is 6.31. The molecule has 0 N–H and O–H groups in total. The van der Waals surface area contributed by atoms with Gasteiger partial charge in [-0.05, 0) is 49.8 Å². The fourth-order valence-electron chi connectivity index (χ4n) is 3.22. The number of hydrogen-bond acceptors (Lipinski definition) is 2. The Morgan fingerprint density at radius 1 is 1.45 bits per heavy atom. The van der Waals surface area contributed by atoms with Crippen molar-refractivity contribution in [1.29, 1.82) is 0 Å². The van der Waals surface area contributed by atoms with Gasteiger partial charge in [0.05, 0.1) is 5.60 Å². The Morgan fingerprint density at radius 2 is 2.25 bits per heavy atom. The lowest BCUT2D eigenvalue weighted by Crippen LogP contribution is -2.47. The first kappa shape index (κ1) is 14.0. The summed E-state index contributed by atoms with van der Waals surface area (Å²) >= 11 is 5.99. The van der Waals surface area contributed by atoms with E-state index in [0.717, 1.165) is 25.7 Å². The van der Waals surface area contributed by atoms with Gasteiger partial charge in [0.25, 0.3) is 0 Å². The van der Waals surface area contributed by atoms with Crippen LogP contribution >= 0.6 is 11.6 Å². The van der Waals surface area contributed by atoms with E-state index >= 15 is 0 Å². The molecule has 2 nitrogen and oxygen atoms in total. The van der Waals surface area contributed by atoms with Gasteiger partial charge in [-0.25, -0.2) is 4.39 Å². The van der Waals surface area contributed by atoms with Gasteiger partial charge in [-0.15, -0.1) is 0 Å². The van der Waals surface area contributed by atoms with Crippen molar-refractivity contribution in [2.75, 3.05) is 6.61 Å². The number of carbonyl (C=O) groups is 1. The molecule has 2 fully saturated rings. The van der Waals surface area contributed by atoms with Crippen LogP contribution in [0.3, 0.4) is 0 Å². The SMILES string of the molecule is O=C(Cc1ccc(F)cc1Cl)C1CCOC2(CCC2)C1. The highest BCUT2D eigenvalue weighted by Gasteiger charge is 2.44. The van der Waals surface area contributed by atoms with E-state index in [1.165, 1.54) is 18.6 Å². The van der Waals surface area contributed by atoms with Crippen molar-refractivity contribution in [3.05, 3.63) is 34.6 Å². The largest absolute Gasteiger partial charge is 0.375 e. The summed E-state index contributed by atoms with van der Waals surface area (Å²) in [4.78, 5) is 12.4. The van der Waals surface area contributed by atoms with Crippen LogP contribution in [0.4, 0.5) is 4.39 Å². The van der Waals surface area contributed by atoms with Gasteiger partial charge in [0.2, 0.25) is 0 Å². The highest BCUT2D eigenvalue weighted by atomic mass is 35.5. The van der Waals surface area contributed by atoms with E-state index in [0.29, 0.717) is 23.6 Å². The second-order valence-corrected chi connectivity index (χ2v) is 6.36. The number of ketones is 1. The first-order valence-corrected chi connectivity index (χ1v) is 7.56. The van der Waals surface area contributed by atoms with Gasteiger partial charge in [0, 0.05) is 24.0 Å². The molecule has 1 aliphatic carbocycles. The van der Waals surface area contributed by atoms with E-state index < -0.39 is 0 Å². The number of carbonyl (C=O) groups excluding carboxylic acids is 1. The maximum Gasteiger partial charge on any atom is 0.140 e. The minimum atomic E-state index is -0.370. The summed E-state index contributed by atoms with van der Waals surface area (Å²) in [6.45, 7) is 0.674. The van der Waals surface area contributed by atoms with Crippen molar-refractivity contribution in [1.82, 2.24) is 0 Å². The zero-order valence-corrected chi connectivity index (χ0v) is 12.1. The Kier molecular flexibility index (Phi) is 3.83. The van der Waals surface area contributed by atoms with Crippen LogP contribution < -0.4 is 0 Å². The van der Waals surface area contributed by atoms with Gasteiger partial charge in [-0.2, -0.15) is 0 Å². The molecule has 20 heavy (non-hydrogen) atoms. The van der Waals surface area contributed by atoms with E-state index in [-0.39, 0.29) is 23.1 Å². The van der Waals surface area contributed by atoms with Crippen molar-refractivity contribution in [2.24, 2.45) is 5.92 Å². The average molecular weight is 297 g/mol. The van der Waals surface area contributed by atoms with E-state index in [1.54, 1.807) is 6.07 Å². The quantitative estimate of drug-likeness (QED) is 0.844. The molecule has 1 atom stereocenters. The third-order valence-electron chi connectivity index (χ3n) is 4.59. The summed E-state index contributed by atoms with van der Waals surface area (Å²) in [5, 5.41) is 0.337. The Bertz CT molecular complexity index is 525. The van der Waals surface area contributed by atoms with Gasteiger partial charge in [-0.1, -0.05) is 17.7 Å². The van der Waals surface area contributed by atoms with E-state index in [2.05, 4.69) is 0 Å². The number of benzene rings is 1. The molecule has 1 spiro atoms. The fraction of sp³-hybridized carbons (Fsp3) is 0.562. The van der Waals surface area contributed by atoms with Crippen molar-refractivity contribution in [3.63, 3.8) is 0 Å². The molecule has 108 valence electrons. The monoisotopic (exact) mass is 296 g/mol. The lowest BCUT2D eigenvalue weighted by Gasteiger charge is -2.46. The number of Topliss-reactive ketones (excluding diaryl/α,β-unsaturated/α-hetero) is 1. The maximum absolute atomic E-state index is 13.0. The molecule has 1 aliphatic heterocycles. The maximum atomic E-state index is 13.0. The van der Waals surface area contributed by atoms with Crippen LogP contribution in [0, 0.1) is 11.7 Å². The first-order chi connectivity index (χ1) is 9.58. The van der Waals surface area contributed by atoms with Crippen LogP contribution in [-0.4, -0.2) is 18.0 Å². The Morgan fingerprint density at radius 3 is 2.90 bits per heavy atom. The van der Waals surface area contributed by atoms with Crippen LogP contribution in [0.2, 0.25) is 5.02 Å². The lowest BCUT2D eigenvalue weighted by atomic mass is 9.71. The molecule has 0 bridgehead atoms. The van der Waals surface area contributed by atoms with Crippen molar-refractivity contribution in [2.45, 2.75) is 44.1 Å². The summed E-state index contributed by atoms with van der Waals surface area (Å²) in [7, 11) is 0. The molecule has 1 saturated carbocycles. The van der Waals surface area contributed by atoms with Gasteiger partial charge in [-0.3, -0.25) is 4.79 Å². The molecule has 1 aromatic carbocycles. The van der Waals surface area contributed by atoms with Crippen LogP contribution in [-0.2, 0) is 16.0 Å². The average Bonchev–Trinajstić information content (AvgIpc) is 2.40. The molecule has 0 aromatic heterocycles. The molecule has 3 rings (SSSR count). The minimum Gasteiger partial charge on any atom is -0.375 e. The second kappa shape index (κ2) is 5.45. The van der Waals surface area contributed by atoms with Crippen LogP contribution in [0.25, 0.3) is 0 Å². The lowest BCUT2D eigenvalue weighted by molar-refractivity contribution is -0.155. The smallest absolute Gasteiger partial charge is 0.140 e. The Hall–Kier alpha value is -0.930. The molecule has 0 radical (unpaired) electrons. The summed E-state index contributed by atoms with van der Waals surface area (Å²) in [5.74, 6) is -0.107. The van der Waals surface area contributed by atoms with Gasteiger partial charge >= 0.3 is 0 Å². The molecular weight excluding hydrogens is 279 g/mol. The zero-order chi connectivity index (χ0) is 14.2. The molecule has 1 heterocycles. The summed E-state index contributed by atoms with van der Waals surface area (Å²) in [5.41, 5.74) is 0.692. The summed E-state index contributed by atoms with van der Waals surface area (Å²) in [6.07, 6.45) is 5.27. The molecule has 1 unspecified atom stereocenters. The Balaban J connectivity index is 1.66. The van der Waals surface area contributed by atoms with Crippen LogP contribution in [0.1, 0.15) is 37.7 Å². The van der Waals surface area contributed by atoms with Crippen molar-refractivity contribution < 1.29 is 13.9 Å². The van der Waals surface area contributed by atoms with E-state index in [4.69, 9.17) is 16.3 Å². The van der Waals surface area contributed by atoms with E-state index in [9.17, 15) is 9.18 Å². The van der Waals surface area contributed by atoms with E-state index in [1.807, 2.05) is 0 Å². The second-order valence-electron chi connectivity index (χ2n) is 5.95. The number of rotatable bonds is 3. The summed E-state index contributed by atoms with van der Waals surface area (Å²) in [6, 6.07) is 4.22. The summed E-state index contributed by atoms with van der Waals surface area (Å²) < 4.78 is 18.9. The third-order valence-corrected chi connectivity index (χ3v) is 4.94. The standard InChI is InChI=1S/C16H18ClFO2/c17-14-9-13(18)3-2-11(14)8-15(19)12-4-7-20-16(10-12)5-1-6-16/h2-3,9,12H,1,4-8,10H2. The number of ether oxygens (including phenoxy) is 1. The fourth-order valence-corrected chi connectivity index (χ4v) is 3.45. The minimum absolute atomic E-state index is 0.0227. The molecule has 0 amide bonds. The molecule has 4 heteroatoms. The van der Waals surface area contributed by atoms with Gasteiger partial charge in [0.15, 0.2) is 0 Å². The van der Waals surface area contributed by atoms with Gasteiger partial charge < -0.3 is 4.74 Å². The topological polar surface area (TPSA) is 26.3 Å². The zero-order valence-electron chi connectivity index (χ0n) is 11.3. The molecule has 1 saturated heterocycles. The van der Waals surface area contributed by atoms with Crippen molar-refractivity contribution >= 4 is 17.4 Å². The predicted octanol–water partition coefficient (Wildman–Crippen LogP) is 3.94. The predicted molar refractivity (Wildman–Crippen MR) is 75.4 cm³/mol. The highest BCUT2D eigenvalue weighted by Crippen LogP contribution is 2.44. The normalized spacial score (nSPS) is 24.4. The third kappa shape index (κ3) is 2.75. The number of halogens is 2. The van der Waals surface area contributed by atoms with Crippen LogP contribution in [0.5, 0.6) is 0 Å². The molecular formula is C16H18ClFO2. The van der Waals surface area contributed by atoms with Crippen LogP contribution in [0.15, 0.2) is 18.2 Å².